The van der Waals surface area contributed by atoms with Crippen molar-refractivity contribution in [2.45, 2.75) is 8.45 Å². The Labute approximate surface area is 250 Å². The SMILES string of the molecule is C1=C[CH]([Ti+2][CH]2C=Cc3ccccc32)c2ccccc21.COc1cccc(OC)c1[O-].COc1cccc(OC)c1[O-]. The van der Waals surface area contributed by atoms with Crippen LogP contribution in [0.2, 0.25) is 0 Å². The van der Waals surface area contributed by atoms with Gasteiger partial charge >= 0.3 is 123 Å². The zero-order valence-electron chi connectivity index (χ0n) is 23.5. The van der Waals surface area contributed by atoms with Gasteiger partial charge in [-0.1, -0.05) is 12.1 Å². The number of para-hydroxylation sites is 2. The second-order valence-electron chi connectivity index (χ2n) is 9.08. The van der Waals surface area contributed by atoms with Crippen LogP contribution >= 0.6 is 0 Å². The Hall–Kier alpha value is -4.13. The molecule has 7 heteroatoms. The van der Waals surface area contributed by atoms with Crippen molar-refractivity contribution in [1.82, 2.24) is 0 Å². The van der Waals surface area contributed by atoms with Crippen LogP contribution < -0.4 is 29.2 Å². The second-order valence-corrected chi connectivity index (χ2v) is 11.5. The van der Waals surface area contributed by atoms with E-state index >= 15 is 0 Å². The summed E-state index contributed by atoms with van der Waals surface area (Å²) < 4.78 is 20.6. The van der Waals surface area contributed by atoms with Crippen molar-refractivity contribution >= 4 is 12.2 Å². The van der Waals surface area contributed by atoms with E-state index in [2.05, 4.69) is 72.8 Å². The maximum absolute atomic E-state index is 11.2. The molecule has 4 aromatic rings. The van der Waals surface area contributed by atoms with Gasteiger partial charge < -0.3 is 29.2 Å². The molecule has 0 radical (unpaired) electrons. The van der Waals surface area contributed by atoms with Gasteiger partial charge in [-0.05, 0) is 35.8 Å². The van der Waals surface area contributed by atoms with E-state index in [1.807, 2.05) is 0 Å². The van der Waals surface area contributed by atoms with Gasteiger partial charge in [0, 0.05) is 0 Å². The Morgan fingerprint density at radius 1 is 0.488 bits per heavy atom. The van der Waals surface area contributed by atoms with E-state index in [4.69, 9.17) is 18.9 Å². The van der Waals surface area contributed by atoms with Crippen molar-refractivity contribution in [2.75, 3.05) is 28.4 Å². The van der Waals surface area contributed by atoms with E-state index in [9.17, 15) is 10.2 Å². The summed E-state index contributed by atoms with van der Waals surface area (Å²) in [5.74, 6) is 0.817. The van der Waals surface area contributed by atoms with Crippen molar-refractivity contribution < 1.29 is 48.3 Å². The molecule has 0 heterocycles. The molecule has 2 aliphatic rings. The van der Waals surface area contributed by atoms with Gasteiger partial charge in [0.1, 0.15) is 23.0 Å². The van der Waals surface area contributed by atoms with Crippen molar-refractivity contribution in [3.8, 4) is 34.5 Å². The number of fused-ring (bicyclic) bond motifs is 2. The summed E-state index contributed by atoms with van der Waals surface area (Å²) in [4.78, 5) is 0. The maximum atomic E-state index is 11.2. The molecule has 0 spiro atoms. The predicted octanol–water partition coefficient (Wildman–Crippen LogP) is 6.16. The zero-order chi connectivity index (χ0) is 29.2. The van der Waals surface area contributed by atoms with E-state index < -0.39 is 0 Å². The molecule has 2 aliphatic carbocycles. The van der Waals surface area contributed by atoms with Crippen LogP contribution in [0, 0.1) is 0 Å². The van der Waals surface area contributed by atoms with Gasteiger partial charge in [-0.15, -0.1) is 0 Å². The number of ether oxygens (including phenoxy) is 4. The van der Waals surface area contributed by atoms with Gasteiger partial charge in [0.2, 0.25) is 0 Å². The van der Waals surface area contributed by atoms with Crippen LogP contribution in [0.3, 0.4) is 0 Å². The third kappa shape index (κ3) is 7.15. The van der Waals surface area contributed by atoms with Gasteiger partial charge in [-0.2, -0.15) is 0 Å². The van der Waals surface area contributed by atoms with E-state index in [0.29, 0.717) is 31.4 Å². The van der Waals surface area contributed by atoms with Crippen LogP contribution in [0.4, 0.5) is 0 Å². The fourth-order valence-electron chi connectivity index (χ4n) is 4.62. The number of hydrogen-bond acceptors (Lipinski definition) is 6. The minimum atomic E-state index is -0.211. The van der Waals surface area contributed by atoms with Gasteiger partial charge in [-0.3, -0.25) is 0 Å². The van der Waals surface area contributed by atoms with Gasteiger partial charge in [0.25, 0.3) is 0 Å². The number of benzene rings is 4. The first-order chi connectivity index (χ1) is 20.0. The standard InChI is InChI=1S/2C9H7.2C8H10O3.Ti/c2*1-2-5-9-7-3-6-8(9)4-1;2*1-10-6-4-3-5-7(11-2)8(6)9;/h2*1-7H;2*3-5,9H,1-2H3;/q;;;;+2/p-2. The monoisotopic (exact) mass is 584 g/mol. The second kappa shape index (κ2) is 14.5. The summed E-state index contributed by atoms with van der Waals surface area (Å²) in [5.41, 5.74) is 5.93. The molecule has 4 aromatic carbocycles. The molecule has 0 saturated carbocycles. The zero-order valence-corrected chi connectivity index (χ0v) is 25.1. The Morgan fingerprint density at radius 3 is 1.17 bits per heavy atom. The van der Waals surface area contributed by atoms with Crippen molar-refractivity contribution in [1.29, 1.82) is 0 Å². The molecule has 0 fully saturated rings. The van der Waals surface area contributed by atoms with Crippen molar-refractivity contribution in [2.24, 2.45) is 0 Å². The molecule has 208 valence electrons. The Morgan fingerprint density at radius 2 is 0.829 bits per heavy atom. The number of methoxy groups -OCH3 is 4. The van der Waals surface area contributed by atoms with Crippen LogP contribution in [-0.2, 0) is 19.2 Å². The van der Waals surface area contributed by atoms with E-state index in [1.54, 1.807) is 47.5 Å². The first-order valence-electron chi connectivity index (χ1n) is 13.1. The summed E-state index contributed by atoms with van der Waals surface area (Å²) >= 11 is -0.0859. The molecule has 0 saturated heterocycles. The summed E-state index contributed by atoms with van der Waals surface area (Å²) in [6, 6.07) is 27.5. The van der Waals surface area contributed by atoms with E-state index in [0.717, 1.165) is 0 Å². The normalized spacial score (nSPS) is 15.2. The van der Waals surface area contributed by atoms with Crippen LogP contribution in [0.5, 0.6) is 34.5 Å². The molecule has 2 unspecified atom stereocenters. The van der Waals surface area contributed by atoms with Crippen LogP contribution in [-0.4, -0.2) is 28.4 Å². The fraction of sp³-hybridized carbons (Fsp3) is 0.176. The predicted molar refractivity (Wildman–Crippen MR) is 154 cm³/mol. The average Bonchev–Trinajstić information content (AvgIpc) is 3.62. The molecule has 2 atom stereocenters. The van der Waals surface area contributed by atoms with Crippen molar-refractivity contribution in [3.63, 3.8) is 0 Å². The minimum Gasteiger partial charge on any atom is -0.867 e. The molecule has 0 bridgehead atoms. The molecular weight excluding hydrogens is 552 g/mol. The molecule has 0 aliphatic heterocycles. The number of allylic oxidation sites excluding steroid dienone is 2. The third-order valence-corrected chi connectivity index (χ3v) is 9.42. The largest absolute Gasteiger partial charge is 0.867 e. The van der Waals surface area contributed by atoms with Gasteiger partial charge in [0.15, 0.2) is 0 Å². The Kier molecular flexibility index (Phi) is 10.5. The fourth-order valence-corrected chi connectivity index (χ4v) is 7.25. The molecule has 6 nitrogen and oxygen atoms in total. The number of hydrogen-bond donors (Lipinski definition) is 0. The molecule has 0 aromatic heterocycles. The summed E-state index contributed by atoms with van der Waals surface area (Å²) in [5, 5.41) is 22.4. The van der Waals surface area contributed by atoms with Crippen molar-refractivity contribution in [3.05, 3.63) is 119 Å². The minimum absolute atomic E-state index is 0.0859. The quantitative estimate of drug-likeness (QED) is 0.253. The average molecular weight is 584 g/mol. The van der Waals surface area contributed by atoms with Crippen LogP contribution in [0.1, 0.15) is 30.7 Å². The van der Waals surface area contributed by atoms with Gasteiger partial charge in [-0.25, -0.2) is 0 Å². The van der Waals surface area contributed by atoms with E-state index in [1.165, 1.54) is 39.6 Å². The topological polar surface area (TPSA) is 83.0 Å². The maximum Gasteiger partial charge on any atom is 0.114 e. The summed E-state index contributed by atoms with van der Waals surface area (Å²) in [6.45, 7) is 0. The van der Waals surface area contributed by atoms with Gasteiger partial charge in [0.05, 0.1) is 28.4 Å². The first-order valence-corrected chi connectivity index (χ1v) is 14.9. The van der Waals surface area contributed by atoms with Crippen LogP contribution in [0.25, 0.3) is 12.2 Å². The number of rotatable bonds is 6. The smallest absolute Gasteiger partial charge is 0.114 e. The molecular formula is C34H32O6Ti. The summed E-state index contributed by atoms with van der Waals surface area (Å²) in [7, 11) is 5.82. The Bertz CT molecular complexity index is 1360. The molecule has 0 amide bonds. The molecule has 0 N–H and O–H groups in total. The molecule has 6 rings (SSSR count). The third-order valence-electron chi connectivity index (χ3n) is 6.72. The van der Waals surface area contributed by atoms with Crippen LogP contribution in [0.15, 0.2) is 97.1 Å². The van der Waals surface area contributed by atoms with E-state index in [-0.39, 0.29) is 30.7 Å². The Balaban J connectivity index is 0.000000153. The first kappa shape index (κ1) is 29.8. The molecule has 41 heavy (non-hydrogen) atoms. The summed E-state index contributed by atoms with van der Waals surface area (Å²) in [6.07, 6.45) is 9.43.